The molecule has 1 rings (SSSR count). The SMILES string of the molecule is Cc1nc(C(C)(C)C)sc1CC(C)(C)C(=O)O. The minimum Gasteiger partial charge on any atom is -0.481 e. The van der Waals surface area contributed by atoms with Gasteiger partial charge in [0.2, 0.25) is 0 Å². The fraction of sp³-hybridized carbons (Fsp3) is 0.692. The molecule has 4 heteroatoms. The predicted octanol–water partition coefficient (Wildman–Crippen LogP) is 3.40. The van der Waals surface area contributed by atoms with Crippen molar-refractivity contribution in [3.8, 4) is 0 Å². The molecule has 0 aliphatic carbocycles. The summed E-state index contributed by atoms with van der Waals surface area (Å²) in [5.41, 5.74) is 0.266. The van der Waals surface area contributed by atoms with Crippen molar-refractivity contribution in [2.75, 3.05) is 0 Å². The standard InChI is InChI=1S/C13H21NO2S/c1-8-9(7-13(5,6)11(15)16)17-10(14-8)12(2,3)4/h7H2,1-6H3,(H,15,16). The number of hydrogen-bond acceptors (Lipinski definition) is 3. The van der Waals surface area contributed by atoms with Crippen molar-refractivity contribution in [3.05, 3.63) is 15.6 Å². The zero-order valence-electron chi connectivity index (χ0n) is 11.4. The Morgan fingerprint density at radius 3 is 2.18 bits per heavy atom. The summed E-state index contributed by atoms with van der Waals surface area (Å²) in [5.74, 6) is -0.761. The molecular formula is C13H21NO2S. The van der Waals surface area contributed by atoms with E-state index in [0.29, 0.717) is 6.42 Å². The zero-order chi connectivity index (χ0) is 13.4. The lowest BCUT2D eigenvalue weighted by Gasteiger charge is -2.18. The van der Waals surface area contributed by atoms with Gasteiger partial charge in [-0.05, 0) is 27.2 Å². The highest BCUT2D eigenvalue weighted by Gasteiger charge is 2.30. The molecule has 0 aromatic carbocycles. The Bertz CT molecular complexity index is 427. The molecule has 1 aromatic rings. The van der Waals surface area contributed by atoms with E-state index >= 15 is 0 Å². The van der Waals surface area contributed by atoms with Gasteiger partial charge >= 0.3 is 5.97 Å². The first-order valence-corrected chi connectivity index (χ1v) is 6.56. The molecular weight excluding hydrogens is 234 g/mol. The number of carbonyl (C=O) groups is 1. The number of thiazole rings is 1. The maximum absolute atomic E-state index is 11.1. The summed E-state index contributed by atoms with van der Waals surface area (Å²) in [6.07, 6.45) is 0.544. The Kier molecular flexibility index (Phi) is 3.67. The van der Waals surface area contributed by atoms with Gasteiger partial charge in [-0.25, -0.2) is 4.98 Å². The van der Waals surface area contributed by atoms with Crippen molar-refractivity contribution in [3.63, 3.8) is 0 Å². The van der Waals surface area contributed by atoms with E-state index in [1.54, 1.807) is 25.2 Å². The van der Waals surface area contributed by atoms with Gasteiger partial charge < -0.3 is 5.11 Å². The normalized spacial score (nSPS) is 12.8. The minimum atomic E-state index is -0.761. The molecule has 0 aliphatic rings. The number of rotatable bonds is 3. The molecule has 3 nitrogen and oxygen atoms in total. The number of hydrogen-bond donors (Lipinski definition) is 1. The van der Waals surface area contributed by atoms with Crippen molar-refractivity contribution in [2.24, 2.45) is 5.41 Å². The molecule has 1 aromatic heterocycles. The van der Waals surface area contributed by atoms with Crippen LogP contribution in [0.15, 0.2) is 0 Å². The van der Waals surface area contributed by atoms with Crippen LogP contribution in [0.1, 0.15) is 50.2 Å². The number of carboxylic acid groups (broad SMARTS) is 1. The maximum atomic E-state index is 11.1. The van der Waals surface area contributed by atoms with Gasteiger partial charge in [0.1, 0.15) is 0 Å². The Labute approximate surface area is 107 Å². The summed E-state index contributed by atoms with van der Waals surface area (Å²) >= 11 is 1.64. The Morgan fingerprint density at radius 1 is 1.29 bits per heavy atom. The van der Waals surface area contributed by atoms with Crippen LogP contribution in [-0.2, 0) is 16.6 Å². The van der Waals surface area contributed by atoms with E-state index in [4.69, 9.17) is 5.11 Å². The van der Waals surface area contributed by atoms with Gasteiger partial charge in [0.05, 0.1) is 16.1 Å². The van der Waals surface area contributed by atoms with E-state index in [0.717, 1.165) is 15.6 Å². The van der Waals surface area contributed by atoms with Crippen LogP contribution in [0.4, 0.5) is 0 Å². The highest BCUT2D eigenvalue weighted by atomic mass is 32.1. The highest BCUT2D eigenvalue weighted by molar-refractivity contribution is 7.11. The summed E-state index contributed by atoms with van der Waals surface area (Å²) in [6.45, 7) is 11.8. The summed E-state index contributed by atoms with van der Waals surface area (Å²) in [5, 5.41) is 10.2. The first kappa shape index (κ1) is 14.2. The van der Waals surface area contributed by atoms with Crippen LogP contribution in [0, 0.1) is 12.3 Å². The van der Waals surface area contributed by atoms with Crippen LogP contribution in [0.2, 0.25) is 0 Å². The minimum absolute atomic E-state index is 0.0288. The smallest absolute Gasteiger partial charge is 0.309 e. The molecule has 0 aliphatic heterocycles. The Balaban J connectivity index is 3.02. The van der Waals surface area contributed by atoms with Crippen molar-refractivity contribution in [2.45, 2.75) is 53.4 Å². The number of aromatic nitrogens is 1. The second-order valence-corrected chi connectivity index (χ2v) is 7.23. The fourth-order valence-electron chi connectivity index (χ4n) is 1.39. The molecule has 0 unspecified atom stereocenters. The van der Waals surface area contributed by atoms with Gasteiger partial charge in [-0.2, -0.15) is 0 Å². The van der Waals surface area contributed by atoms with Crippen molar-refractivity contribution < 1.29 is 9.90 Å². The summed E-state index contributed by atoms with van der Waals surface area (Å²) in [4.78, 5) is 16.8. The molecule has 0 bridgehead atoms. The molecule has 1 heterocycles. The van der Waals surface area contributed by atoms with E-state index in [-0.39, 0.29) is 5.41 Å². The largest absolute Gasteiger partial charge is 0.481 e. The number of aliphatic carboxylic acids is 1. The Morgan fingerprint density at radius 2 is 1.82 bits per heavy atom. The lowest BCUT2D eigenvalue weighted by Crippen LogP contribution is -2.26. The predicted molar refractivity (Wildman–Crippen MR) is 70.7 cm³/mol. The van der Waals surface area contributed by atoms with Crippen LogP contribution >= 0.6 is 11.3 Å². The fourth-order valence-corrected chi connectivity index (χ4v) is 2.74. The second-order valence-electron chi connectivity index (χ2n) is 6.14. The van der Waals surface area contributed by atoms with Crippen LogP contribution in [0.3, 0.4) is 0 Å². The quantitative estimate of drug-likeness (QED) is 0.900. The molecule has 0 amide bonds. The first-order chi connectivity index (χ1) is 7.54. The van der Waals surface area contributed by atoms with Crippen LogP contribution in [-0.4, -0.2) is 16.1 Å². The van der Waals surface area contributed by atoms with E-state index in [1.165, 1.54) is 0 Å². The number of nitrogens with zero attached hydrogens (tertiary/aromatic N) is 1. The van der Waals surface area contributed by atoms with Gasteiger partial charge in [0.25, 0.3) is 0 Å². The zero-order valence-corrected chi connectivity index (χ0v) is 12.2. The topological polar surface area (TPSA) is 50.2 Å². The lowest BCUT2D eigenvalue weighted by molar-refractivity contribution is -0.146. The summed E-state index contributed by atoms with van der Waals surface area (Å²) < 4.78 is 0. The third kappa shape index (κ3) is 3.28. The summed E-state index contributed by atoms with van der Waals surface area (Å²) in [7, 11) is 0. The van der Waals surface area contributed by atoms with Gasteiger partial charge in [-0.3, -0.25) is 4.79 Å². The molecule has 0 spiro atoms. The molecule has 0 saturated heterocycles. The first-order valence-electron chi connectivity index (χ1n) is 5.74. The average Bonchev–Trinajstić information content (AvgIpc) is 2.46. The molecule has 0 fully saturated rings. The molecule has 0 saturated carbocycles. The van der Waals surface area contributed by atoms with Crippen LogP contribution < -0.4 is 0 Å². The number of aryl methyl sites for hydroxylation is 1. The number of carboxylic acids is 1. The van der Waals surface area contributed by atoms with E-state index < -0.39 is 11.4 Å². The van der Waals surface area contributed by atoms with Gasteiger partial charge in [0, 0.05) is 10.3 Å². The third-order valence-corrected chi connectivity index (χ3v) is 4.30. The monoisotopic (exact) mass is 255 g/mol. The molecule has 0 atom stereocenters. The van der Waals surface area contributed by atoms with Crippen LogP contribution in [0.5, 0.6) is 0 Å². The summed E-state index contributed by atoms with van der Waals surface area (Å²) in [6, 6.07) is 0. The molecule has 96 valence electrons. The molecule has 17 heavy (non-hydrogen) atoms. The Hall–Kier alpha value is -0.900. The van der Waals surface area contributed by atoms with Crippen LogP contribution in [0.25, 0.3) is 0 Å². The molecule has 1 N–H and O–H groups in total. The van der Waals surface area contributed by atoms with E-state index in [9.17, 15) is 4.79 Å². The third-order valence-electron chi connectivity index (χ3n) is 2.72. The van der Waals surface area contributed by atoms with Gasteiger partial charge in [0.15, 0.2) is 0 Å². The van der Waals surface area contributed by atoms with E-state index in [1.807, 2.05) is 6.92 Å². The van der Waals surface area contributed by atoms with Gasteiger partial charge in [-0.15, -0.1) is 11.3 Å². The lowest BCUT2D eigenvalue weighted by atomic mass is 9.88. The van der Waals surface area contributed by atoms with Gasteiger partial charge in [-0.1, -0.05) is 20.8 Å². The van der Waals surface area contributed by atoms with Crippen molar-refractivity contribution in [1.82, 2.24) is 4.98 Å². The highest BCUT2D eigenvalue weighted by Crippen LogP contribution is 2.33. The van der Waals surface area contributed by atoms with Crippen molar-refractivity contribution >= 4 is 17.3 Å². The van der Waals surface area contributed by atoms with E-state index in [2.05, 4.69) is 25.8 Å². The average molecular weight is 255 g/mol. The second kappa shape index (κ2) is 4.41. The molecule has 0 radical (unpaired) electrons. The van der Waals surface area contributed by atoms with Crippen molar-refractivity contribution in [1.29, 1.82) is 0 Å². The maximum Gasteiger partial charge on any atom is 0.309 e.